The van der Waals surface area contributed by atoms with Gasteiger partial charge in [0, 0.05) is 18.8 Å². The Morgan fingerprint density at radius 3 is 2.54 bits per heavy atom. The van der Waals surface area contributed by atoms with Crippen molar-refractivity contribution in [3.05, 3.63) is 65.7 Å². The van der Waals surface area contributed by atoms with Crippen molar-refractivity contribution in [1.29, 1.82) is 0 Å². The van der Waals surface area contributed by atoms with Crippen LogP contribution in [0.25, 0.3) is 0 Å². The average Bonchev–Trinajstić information content (AvgIpc) is 2.96. The number of nitrogens with zero attached hydrogens (tertiary/aromatic N) is 2. The monoisotopic (exact) mass is 382 g/mol. The van der Waals surface area contributed by atoms with E-state index in [9.17, 15) is 14.0 Å². The van der Waals surface area contributed by atoms with E-state index >= 15 is 0 Å². The Bertz CT molecular complexity index is 852. The van der Waals surface area contributed by atoms with Crippen LogP contribution in [-0.2, 0) is 17.8 Å². The zero-order valence-electron chi connectivity index (χ0n) is 15.5. The minimum Gasteiger partial charge on any atom is -0.322 e. The van der Waals surface area contributed by atoms with Crippen molar-refractivity contribution in [2.75, 3.05) is 13.1 Å². The fraction of sp³-hybridized carbons (Fsp3) is 0.381. The number of benzene rings is 1. The molecule has 2 fully saturated rings. The second kappa shape index (κ2) is 7.67. The number of imide groups is 1. The molecule has 6 nitrogen and oxygen atoms in total. The summed E-state index contributed by atoms with van der Waals surface area (Å²) >= 11 is 0. The highest BCUT2D eigenvalue weighted by Crippen LogP contribution is 2.35. The Kier molecular flexibility index (Phi) is 5.09. The third-order valence-electron chi connectivity index (χ3n) is 5.70. The van der Waals surface area contributed by atoms with Crippen LogP contribution < -0.4 is 10.6 Å². The van der Waals surface area contributed by atoms with E-state index in [0.717, 1.165) is 37.1 Å². The second-order valence-electron chi connectivity index (χ2n) is 7.48. The summed E-state index contributed by atoms with van der Waals surface area (Å²) in [7, 11) is 0. The first-order chi connectivity index (χ1) is 13.6. The van der Waals surface area contributed by atoms with Crippen LogP contribution in [0, 0.1) is 11.7 Å². The minimum absolute atomic E-state index is 0.0224. The molecule has 146 valence electrons. The zero-order chi connectivity index (χ0) is 19.6. The molecule has 3 heterocycles. The fourth-order valence-electron chi connectivity index (χ4n) is 4.24. The molecule has 2 aromatic rings. The number of halogens is 1. The predicted molar refractivity (Wildman–Crippen MR) is 102 cm³/mol. The van der Waals surface area contributed by atoms with Gasteiger partial charge in [0.15, 0.2) is 0 Å². The Balaban J connectivity index is 1.65. The third kappa shape index (κ3) is 3.49. The Labute approximate surface area is 163 Å². The van der Waals surface area contributed by atoms with Gasteiger partial charge in [-0.1, -0.05) is 18.2 Å². The maximum Gasteiger partial charge on any atom is 0.325 e. The van der Waals surface area contributed by atoms with E-state index in [-0.39, 0.29) is 30.2 Å². The van der Waals surface area contributed by atoms with Gasteiger partial charge in [-0.2, -0.15) is 0 Å². The second-order valence-corrected chi connectivity index (χ2v) is 7.48. The molecule has 1 atom stereocenters. The standard InChI is InChI=1S/C21H23FN4O2/c22-18-5-3-15(4-6-18)12-21(17-7-10-23-11-8-17)19(27)26(20(28)25-21)14-16-2-1-9-24-13-16/h1-6,9,13,17,23H,7-8,10-12,14H2,(H,25,28). The van der Waals surface area contributed by atoms with Crippen molar-refractivity contribution in [1.82, 2.24) is 20.5 Å². The van der Waals surface area contributed by atoms with E-state index in [2.05, 4.69) is 15.6 Å². The van der Waals surface area contributed by atoms with Crippen LogP contribution in [0.15, 0.2) is 48.8 Å². The number of hydrogen-bond acceptors (Lipinski definition) is 4. The molecule has 2 N–H and O–H groups in total. The number of rotatable bonds is 5. The van der Waals surface area contributed by atoms with E-state index in [1.807, 2.05) is 6.07 Å². The van der Waals surface area contributed by atoms with Crippen LogP contribution in [0.1, 0.15) is 24.0 Å². The van der Waals surface area contributed by atoms with Crippen molar-refractivity contribution in [3.8, 4) is 0 Å². The molecular weight excluding hydrogens is 359 g/mol. The van der Waals surface area contributed by atoms with Gasteiger partial charge in [0.1, 0.15) is 11.4 Å². The van der Waals surface area contributed by atoms with E-state index in [4.69, 9.17) is 0 Å². The summed E-state index contributed by atoms with van der Waals surface area (Å²) in [5.41, 5.74) is 0.630. The lowest BCUT2D eigenvalue weighted by molar-refractivity contribution is -0.134. The van der Waals surface area contributed by atoms with Gasteiger partial charge in [0.25, 0.3) is 5.91 Å². The smallest absolute Gasteiger partial charge is 0.322 e. The lowest BCUT2D eigenvalue weighted by Gasteiger charge is -2.38. The van der Waals surface area contributed by atoms with Crippen LogP contribution in [0.3, 0.4) is 0 Å². The summed E-state index contributed by atoms with van der Waals surface area (Å²) in [5, 5.41) is 6.32. The van der Waals surface area contributed by atoms with Crippen LogP contribution in [0.2, 0.25) is 0 Å². The molecule has 7 heteroatoms. The van der Waals surface area contributed by atoms with Gasteiger partial charge in [0.05, 0.1) is 6.54 Å². The van der Waals surface area contributed by atoms with Gasteiger partial charge in [-0.3, -0.25) is 14.7 Å². The maximum atomic E-state index is 13.5. The molecule has 4 rings (SSSR count). The predicted octanol–water partition coefficient (Wildman–Crippen LogP) is 2.25. The summed E-state index contributed by atoms with van der Waals surface area (Å²) in [6.45, 7) is 1.80. The third-order valence-corrected chi connectivity index (χ3v) is 5.70. The SMILES string of the molecule is O=C1NC(Cc2ccc(F)cc2)(C2CCNCC2)C(=O)N1Cc1cccnc1. The summed E-state index contributed by atoms with van der Waals surface area (Å²) < 4.78 is 13.3. The minimum atomic E-state index is -1.00. The van der Waals surface area contributed by atoms with Crippen LogP contribution >= 0.6 is 0 Å². The van der Waals surface area contributed by atoms with Gasteiger partial charge < -0.3 is 10.6 Å². The molecule has 1 aromatic carbocycles. The topological polar surface area (TPSA) is 74.3 Å². The fourth-order valence-corrected chi connectivity index (χ4v) is 4.24. The maximum absolute atomic E-state index is 13.5. The highest BCUT2D eigenvalue weighted by Gasteiger charge is 2.55. The molecule has 2 aliphatic rings. The lowest BCUT2D eigenvalue weighted by atomic mass is 9.74. The average molecular weight is 382 g/mol. The number of amides is 3. The first kappa shape index (κ1) is 18.6. The van der Waals surface area contributed by atoms with Crippen molar-refractivity contribution < 1.29 is 14.0 Å². The quantitative estimate of drug-likeness (QED) is 0.778. The highest BCUT2D eigenvalue weighted by molar-refractivity contribution is 6.07. The van der Waals surface area contributed by atoms with E-state index < -0.39 is 5.54 Å². The molecule has 2 aliphatic heterocycles. The normalized spacial score (nSPS) is 23.1. The van der Waals surface area contributed by atoms with Gasteiger partial charge in [0.2, 0.25) is 0 Å². The molecular formula is C21H23FN4O2. The Morgan fingerprint density at radius 2 is 1.86 bits per heavy atom. The number of carbonyl (C=O) groups is 2. The first-order valence-corrected chi connectivity index (χ1v) is 9.57. The number of carbonyl (C=O) groups excluding carboxylic acids is 2. The van der Waals surface area contributed by atoms with Crippen LogP contribution in [0.4, 0.5) is 9.18 Å². The summed E-state index contributed by atoms with van der Waals surface area (Å²) in [4.78, 5) is 31.7. The summed E-state index contributed by atoms with van der Waals surface area (Å²) in [6.07, 6.45) is 5.27. The lowest BCUT2D eigenvalue weighted by Crippen LogP contribution is -2.57. The molecule has 3 amide bonds. The van der Waals surface area contributed by atoms with E-state index in [1.54, 1.807) is 30.6 Å². The molecule has 0 bridgehead atoms. The molecule has 0 radical (unpaired) electrons. The number of aromatic nitrogens is 1. The van der Waals surface area contributed by atoms with Gasteiger partial charge >= 0.3 is 6.03 Å². The van der Waals surface area contributed by atoms with E-state index in [1.165, 1.54) is 17.0 Å². The van der Waals surface area contributed by atoms with Gasteiger partial charge in [-0.25, -0.2) is 9.18 Å². The number of urea groups is 1. The number of hydrogen-bond donors (Lipinski definition) is 2. The van der Waals surface area contributed by atoms with Crippen molar-refractivity contribution in [2.45, 2.75) is 31.3 Å². The Hall–Kier alpha value is -2.80. The first-order valence-electron chi connectivity index (χ1n) is 9.57. The number of piperidine rings is 1. The molecule has 1 unspecified atom stereocenters. The summed E-state index contributed by atoms with van der Waals surface area (Å²) in [6, 6.07) is 9.39. The molecule has 0 aliphatic carbocycles. The highest BCUT2D eigenvalue weighted by atomic mass is 19.1. The van der Waals surface area contributed by atoms with Gasteiger partial charge in [-0.15, -0.1) is 0 Å². The zero-order valence-corrected chi connectivity index (χ0v) is 15.5. The van der Waals surface area contributed by atoms with Crippen LogP contribution in [0.5, 0.6) is 0 Å². The van der Waals surface area contributed by atoms with Gasteiger partial charge in [-0.05, 0) is 61.2 Å². The van der Waals surface area contributed by atoms with Crippen LogP contribution in [-0.4, -0.2) is 40.5 Å². The van der Waals surface area contributed by atoms with Crippen molar-refractivity contribution in [3.63, 3.8) is 0 Å². The molecule has 28 heavy (non-hydrogen) atoms. The van der Waals surface area contributed by atoms with E-state index in [0.29, 0.717) is 6.42 Å². The molecule has 1 aromatic heterocycles. The number of nitrogens with one attached hydrogen (secondary N) is 2. The molecule has 0 saturated carbocycles. The number of pyridine rings is 1. The largest absolute Gasteiger partial charge is 0.325 e. The van der Waals surface area contributed by atoms with Crippen molar-refractivity contribution in [2.24, 2.45) is 5.92 Å². The Morgan fingerprint density at radius 1 is 1.11 bits per heavy atom. The summed E-state index contributed by atoms with van der Waals surface area (Å²) in [5.74, 6) is -0.508. The van der Waals surface area contributed by atoms with Crippen molar-refractivity contribution >= 4 is 11.9 Å². The molecule has 2 saturated heterocycles. The molecule has 0 spiro atoms.